The molecule has 196 valence electrons. The molecular weight excluding hydrogens is 493 g/mol. The van der Waals surface area contributed by atoms with Gasteiger partial charge in [-0.25, -0.2) is 22.6 Å². The molecule has 3 aromatic rings. The maximum Gasteiger partial charge on any atom is 0.333 e. The number of alkyl halides is 3. The second-order valence-electron chi connectivity index (χ2n) is 9.82. The lowest BCUT2D eigenvalue weighted by atomic mass is 9.82. The van der Waals surface area contributed by atoms with Crippen LogP contribution in [0.1, 0.15) is 55.6 Å². The van der Waals surface area contributed by atoms with Crippen LogP contribution in [0.25, 0.3) is 17.2 Å². The van der Waals surface area contributed by atoms with Crippen LogP contribution < -0.4 is 0 Å². The van der Waals surface area contributed by atoms with Gasteiger partial charge in [0.05, 0.1) is 12.2 Å². The first-order valence-electron chi connectivity index (χ1n) is 11.6. The van der Waals surface area contributed by atoms with Crippen LogP contribution in [0.3, 0.4) is 0 Å². The van der Waals surface area contributed by atoms with Crippen LogP contribution in [-0.4, -0.2) is 44.0 Å². The molecule has 5 nitrogen and oxygen atoms in total. The Morgan fingerprint density at radius 2 is 1.86 bits per heavy atom. The predicted molar refractivity (Wildman–Crippen MR) is 129 cm³/mol. The van der Waals surface area contributed by atoms with Crippen molar-refractivity contribution < 1.29 is 31.9 Å². The molecule has 1 N–H and O–H groups in total. The molecule has 2 heterocycles. The minimum Gasteiger partial charge on any atom is -0.478 e. The van der Waals surface area contributed by atoms with Gasteiger partial charge in [0.2, 0.25) is 0 Å². The van der Waals surface area contributed by atoms with Crippen molar-refractivity contribution in [2.45, 2.75) is 51.5 Å². The molecule has 2 aromatic carbocycles. The van der Waals surface area contributed by atoms with E-state index >= 15 is 8.78 Å². The largest absolute Gasteiger partial charge is 0.478 e. The summed E-state index contributed by atoms with van der Waals surface area (Å²) < 4.78 is 72.3. The Kier molecular flexibility index (Phi) is 7.23. The molecule has 0 saturated carbocycles. The van der Waals surface area contributed by atoms with Gasteiger partial charge in [-0.3, -0.25) is 4.90 Å². The number of aliphatic carboxylic acids is 1. The zero-order chi connectivity index (χ0) is 27.1. The van der Waals surface area contributed by atoms with E-state index < -0.39 is 35.9 Å². The van der Waals surface area contributed by atoms with Crippen molar-refractivity contribution in [3.8, 4) is 11.1 Å². The quantitative estimate of drug-likeness (QED) is 0.290. The summed E-state index contributed by atoms with van der Waals surface area (Å²) in [7, 11) is 0. The molecule has 0 radical (unpaired) electrons. The molecule has 0 aliphatic carbocycles. The highest BCUT2D eigenvalue weighted by atomic mass is 19.3. The molecule has 0 saturated heterocycles. The summed E-state index contributed by atoms with van der Waals surface area (Å²) in [6, 6.07) is 5.93. The number of halogens is 5. The number of carboxylic acids is 1. The summed E-state index contributed by atoms with van der Waals surface area (Å²) in [6.07, 6.45) is 4.85. The molecule has 2 atom stereocenters. The third kappa shape index (κ3) is 5.74. The van der Waals surface area contributed by atoms with Crippen molar-refractivity contribution in [3.05, 3.63) is 82.7 Å². The van der Waals surface area contributed by atoms with Gasteiger partial charge in [0.25, 0.3) is 0 Å². The van der Waals surface area contributed by atoms with E-state index in [9.17, 15) is 18.0 Å². The third-order valence-electron chi connectivity index (χ3n) is 6.34. The first-order valence-corrected chi connectivity index (χ1v) is 11.6. The smallest absolute Gasteiger partial charge is 0.333 e. The number of hydrogen-bond donors (Lipinski definition) is 1. The van der Waals surface area contributed by atoms with Crippen LogP contribution in [0.4, 0.5) is 22.0 Å². The highest BCUT2D eigenvalue weighted by Crippen LogP contribution is 2.42. The number of carboxylic acid groups (broad SMARTS) is 1. The lowest BCUT2D eigenvalue weighted by Crippen LogP contribution is -2.48. The van der Waals surface area contributed by atoms with Crippen molar-refractivity contribution >= 4 is 12.0 Å². The van der Waals surface area contributed by atoms with Crippen LogP contribution in [-0.2, 0) is 11.2 Å². The summed E-state index contributed by atoms with van der Waals surface area (Å²) in [6.45, 7) is 1.74. The Bertz CT molecular complexity index is 1320. The average molecular weight is 520 g/mol. The topological polar surface area (TPSA) is 58.4 Å². The second kappa shape index (κ2) is 10.1. The summed E-state index contributed by atoms with van der Waals surface area (Å²) in [5, 5.41) is 12.5. The number of aromatic nitrogens is 2. The highest BCUT2D eigenvalue weighted by molar-refractivity contribution is 5.85. The van der Waals surface area contributed by atoms with Gasteiger partial charge < -0.3 is 5.11 Å². The maximum absolute atomic E-state index is 15.4. The van der Waals surface area contributed by atoms with Gasteiger partial charge in [0.1, 0.15) is 17.3 Å². The van der Waals surface area contributed by atoms with Gasteiger partial charge in [-0.1, -0.05) is 18.2 Å². The molecule has 0 unspecified atom stereocenters. The molecule has 1 aliphatic heterocycles. The summed E-state index contributed by atoms with van der Waals surface area (Å²) in [5.41, 5.74) is 0.500. The number of hydrogen-bond acceptors (Lipinski definition) is 3. The van der Waals surface area contributed by atoms with Gasteiger partial charge in [-0.15, -0.1) is 0 Å². The van der Waals surface area contributed by atoms with Gasteiger partial charge >= 0.3 is 12.5 Å². The number of fused-ring (bicyclic) bond motifs is 1. The van der Waals surface area contributed by atoms with E-state index in [2.05, 4.69) is 5.10 Å². The monoisotopic (exact) mass is 519 g/mol. The summed E-state index contributed by atoms with van der Waals surface area (Å²) >= 11 is 0. The molecule has 0 bridgehead atoms. The van der Waals surface area contributed by atoms with Crippen molar-refractivity contribution in [3.63, 3.8) is 0 Å². The Morgan fingerprint density at radius 1 is 1.19 bits per heavy atom. The fourth-order valence-electron chi connectivity index (χ4n) is 4.82. The lowest BCUT2D eigenvalue weighted by Gasteiger charge is -2.44. The zero-order valence-corrected chi connectivity index (χ0v) is 20.4. The number of nitrogens with zero attached hydrogens (tertiary/aromatic N) is 3. The highest BCUT2D eigenvalue weighted by Gasteiger charge is 2.39. The zero-order valence-electron chi connectivity index (χ0n) is 20.4. The fourth-order valence-corrected chi connectivity index (χ4v) is 4.82. The number of benzene rings is 2. The molecule has 10 heteroatoms. The Morgan fingerprint density at radius 3 is 2.43 bits per heavy atom. The number of rotatable bonds is 7. The van der Waals surface area contributed by atoms with Crippen LogP contribution >= 0.6 is 0 Å². The van der Waals surface area contributed by atoms with E-state index in [1.165, 1.54) is 26.2 Å². The van der Waals surface area contributed by atoms with Crippen molar-refractivity contribution in [1.82, 2.24) is 14.7 Å². The SMILES string of the molecule is C[C@H]1Cc2cc(-c3cnn(C(F)F)c3)ccc2[C@H](c2c(F)cc(/C=C/C(=O)O)cc2F)N1CC(C)(C)F. The molecule has 4 rings (SSSR count). The van der Waals surface area contributed by atoms with Gasteiger partial charge in [-0.05, 0) is 67.7 Å². The van der Waals surface area contributed by atoms with E-state index in [0.717, 1.165) is 29.8 Å². The van der Waals surface area contributed by atoms with E-state index in [0.29, 0.717) is 27.8 Å². The molecule has 0 fully saturated rings. The van der Waals surface area contributed by atoms with Crippen molar-refractivity contribution in [1.29, 1.82) is 0 Å². The first-order chi connectivity index (χ1) is 17.3. The summed E-state index contributed by atoms with van der Waals surface area (Å²) in [4.78, 5) is 12.5. The van der Waals surface area contributed by atoms with E-state index in [1.807, 2.05) is 6.92 Å². The average Bonchev–Trinajstić information content (AvgIpc) is 3.29. The van der Waals surface area contributed by atoms with Crippen LogP contribution in [0.15, 0.2) is 48.8 Å². The van der Waals surface area contributed by atoms with Crippen LogP contribution in [0.2, 0.25) is 0 Å². The molecule has 1 aromatic heterocycles. The Balaban J connectivity index is 1.84. The molecule has 0 spiro atoms. The van der Waals surface area contributed by atoms with Gasteiger partial charge in [-0.2, -0.15) is 13.9 Å². The van der Waals surface area contributed by atoms with Crippen molar-refractivity contribution in [2.75, 3.05) is 6.54 Å². The molecule has 1 aliphatic rings. The molecular formula is C27H26F5N3O2. The third-order valence-corrected chi connectivity index (χ3v) is 6.34. The van der Waals surface area contributed by atoms with Crippen molar-refractivity contribution in [2.24, 2.45) is 0 Å². The van der Waals surface area contributed by atoms with E-state index in [4.69, 9.17) is 5.11 Å². The summed E-state index contributed by atoms with van der Waals surface area (Å²) in [5.74, 6) is -3.04. The van der Waals surface area contributed by atoms with Crippen LogP contribution in [0.5, 0.6) is 0 Å². The number of carbonyl (C=O) groups is 1. The predicted octanol–water partition coefficient (Wildman–Crippen LogP) is 6.41. The fraction of sp³-hybridized carbons (Fsp3) is 0.333. The molecule has 37 heavy (non-hydrogen) atoms. The normalized spacial score (nSPS) is 18.5. The standard InChI is InChI=1S/C27H26F5N3O2/c1-15-8-18-11-17(19-12-33-35(13-19)26(30)31)5-6-20(18)25(34(15)14-27(2,3)32)24-21(28)9-16(10-22(24)29)4-7-23(36)37/h4-7,9-13,15,25-26H,8,14H2,1-3H3,(H,36,37)/b7-4+/t15-,25+/m0/s1. The lowest BCUT2D eigenvalue weighted by molar-refractivity contribution is -0.131. The Hall–Kier alpha value is -3.53. The van der Waals surface area contributed by atoms with Gasteiger partial charge in [0, 0.05) is 36.0 Å². The first kappa shape index (κ1) is 26.5. The van der Waals surface area contributed by atoms with Gasteiger partial charge in [0.15, 0.2) is 0 Å². The minimum atomic E-state index is -2.78. The van der Waals surface area contributed by atoms with E-state index in [1.54, 1.807) is 23.1 Å². The minimum absolute atomic E-state index is 0.0361. The van der Waals surface area contributed by atoms with Crippen LogP contribution in [0, 0.1) is 11.6 Å². The van der Waals surface area contributed by atoms with E-state index in [-0.39, 0.29) is 23.7 Å². The molecule has 0 amide bonds. The maximum atomic E-state index is 15.4. The second-order valence-corrected chi connectivity index (χ2v) is 9.82. The Labute approximate surface area is 210 Å².